The van der Waals surface area contributed by atoms with Crippen LogP contribution in [0.1, 0.15) is 32.0 Å². The molecule has 19 heavy (non-hydrogen) atoms. The number of aryl methyl sites for hydroxylation is 1. The van der Waals surface area contributed by atoms with Crippen molar-refractivity contribution < 1.29 is 9.90 Å². The SMILES string of the molecule is CC(CC(=O)O)C1CCCN(Cc2nncn2C)C1. The number of rotatable bonds is 5. The second kappa shape index (κ2) is 6.14. The van der Waals surface area contributed by atoms with Gasteiger partial charge in [-0.05, 0) is 31.2 Å². The number of aromatic nitrogens is 3. The van der Waals surface area contributed by atoms with Crippen molar-refractivity contribution in [2.75, 3.05) is 13.1 Å². The second-order valence-corrected chi connectivity index (χ2v) is 5.57. The number of carboxylic acid groups (broad SMARTS) is 1. The predicted octanol–water partition coefficient (Wildman–Crippen LogP) is 1.14. The fourth-order valence-electron chi connectivity index (χ4n) is 2.79. The summed E-state index contributed by atoms with van der Waals surface area (Å²) in [5, 5.41) is 16.9. The zero-order valence-corrected chi connectivity index (χ0v) is 11.6. The fraction of sp³-hybridized carbons (Fsp3) is 0.769. The molecule has 0 aromatic carbocycles. The van der Waals surface area contributed by atoms with Crippen LogP contribution in [-0.2, 0) is 18.4 Å². The summed E-state index contributed by atoms with van der Waals surface area (Å²) >= 11 is 0. The number of hydrogen-bond acceptors (Lipinski definition) is 4. The largest absolute Gasteiger partial charge is 0.481 e. The Bertz CT molecular complexity index is 432. The number of likely N-dealkylation sites (tertiary alicyclic amines) is 1. The molecule has 6 nitrogen and oxygen atoms in total. The lowest BCUT2D eigenvalue weighted by Gasteiger charge is -2.35. The Morgan fingerprint density at radius 3 is 3.05 bits per heavy atom. The van der Waals surface area contributed by atoms with Crippen molar-refractivity contribution in [3.63, 3.8) is 0 Å². The molecule has 0 spiro atoms. The van der Waals surface area contributed by atoms with Crippen LogP contribution < -0.4 is 0 Å². The quantitative estimate of drug-likeness (QED) is 0.865. The first kappa shape index (κ1) is 14.0. The average molecular weight is 266 g/mol. The molecule has 0 radical (unpaired) electrons. The fourth-order valence-corrected chi connectivity index (χ4v) is 2.79. The van der Waals surface area contributed by atoms with E-state index in [0.29, 0.717) is 5.92 Å². The highest BCUT2D eigenvalue weighted by atomic mass is 16.4. The smallest absolute Gasteiger partial charge is 0.303 e. The van der Waals surface area contributed by atoms with Crippen molar-refractivity contribution >= 4 is 5.97 Å². The Hall–Kier alpha value is -1.43. The molecule has 2 heterocycles. The highest BCUT2D eigenvalue weighted by molar-refractivity contribution is 5.67. The summed E-state index contributed by atoms with van der Waals surface area (Å²) in [5.41, 5.74) is 0. The van der Waals surface area contributed by atoms with E-state index in [1.54, 1.807) is 6.33 Å². The summed E-state index contributed by atoms with van der Waals surface area (Å²) < 4.78 is 1.93. The predicted molar refractivity (Wildman–Crippen MR) is 70.4 cm³/mol. The van der Waals surface area contributed by atoms with Crippen molar-refractivity contribution in [1.29, 1.82) is 0 Å². The van der Waals surface area contributed by atoms with E-state index in [2.05, 4.69) is 15.1 Å². The number of hydrogen-bond donors (Lipinski definition) is 1. The van der Waals surface area contributed by atoms with Gasteiger partial charge in [-0.25, -0.2) is 0 Å². The highest BCUT2D eigenvalue weighted by Crippen LogP contribution is 2.26. The molecule has 1 aromatic rings. The van der Waals surface area contributed by atoms with Crippen LogP contribution in [0.2, 0.25) is 0 Å². The Labute approximate surface area is 113 Å². The van der Waals surface area contributed by atoms with Crippen LogP contribution in [0.5, 0.6) is 0 Å². The van der Waals surface area contributed by atoms with Gasteiger partial charge in [0.25, 0.3) is 0 Å². The molecule has 1 N–H and O–H groups in total. The van der Waals surface area contributed by atoms with Gasteiger partial charge in [-0.1, -0.05) is 6.92 Å². The summed E-state index contributed by atoms with van der Waals surface area (Å²) in [6, 6.07) is 0. The molecule has 0 saturated carbocycles. The lowest BCUT2D eigenvalue weighted by Crippen LogP contribution is -2.38. The maximum atomic E-state index is 10.8. The van der Waals surface area contributed by atoms with E-state index in [9.17, 15) is 4.79 Å². The van der Waals surface area contributed by atoms with Gasteiger partial charge in [0.2, 0.25) is 0 Å². The van der Waals surface area contributed by atoms with E-state index in [4.69, 9.17) is 5.11 Å². The van der Waals surface area contributed by atoms with Crippen molar-refractivity contribution in [1.82, 2.24) is 19.7 Å². The van der Waals surface area contributed by atoms with Crippen LogP contribution in [0.25, 0.3) is 0 Å². The molecule has 2 atom stereocenters. The molecule has 2 rings (SSSR count). The maximum absolute atomic E-state index is 10.8. The molecule has 0 aliphatic carbocycles. The minimum absolute atomic E-state index is 0.236. The lowest BCUT2D eigenvalue weighted by molar-refractivity contribution is -0.138. The first-order chi connectivity index (χ1) is 9.06. The molecule has 1 aromatic heterocycles. The van der Waals surface area contributed by atoms with E-state index in [0.717, 1.165) is 38.3 Å². The van der Waals surface area contributed by atoms with Crippen LogP contribution in [0.15, 0.2) is 6.33 Å². The summed E-state index contributed by atoms with van der Waals surface area (Å²) in [6.07, 6.45) is 4.24. The van der Waals surface area contributed by atoms with Gasteiger partial charge in [0.15, 0.2) is 0 Å². The van der Waals surface area contributed by atoms with Gasteiger partial charge in [-0.2, -0.15) is 0 Å². The van der Waals surface area contributed by atoms with E-state index < -0.39 is 5.97 Å². The number of nitrogens with zero attached hydrogens (tertiary/aromatic N) is 4. The van der Waals surface area contributed by atoms with Crippen LogP contribution in [0.3, 0.4) is 0 Å². The topological polar surface area (TPSA) is 71.2 Å². The average Bonchev–Trinajstić information content (AvgIpc) is 2.75. The molecule has 6 heteroatoms. The molecule has 0 amide bonds. The van der Waals surface area contributed by atoms with Crippen LogP contribution >= 0.6 is 0 Å². The molecular formula is C13H22N4O2. The zero-order chi connectivity index (χ0) is 13.8. The molecule has 106 valence electrons. The van der Waals surface area contributed by atoms with Crippen molar-refractivity contribution in [3.05, 3.63) is 12.2 Å². The molecule has 1 saturated heterocycles. The minimum Gasteiger partial charge on any atom is -0.481 e. The van der Waals surface area contributed by atoms with Crippen LogP contribution in [0.4, 0.5) is 0 Å². The first-order valence-electron chi connectivity index (χ1n) is 6.83. The van der Waals surface area contributed by atoms with Gasteiger partial charge in [0.1, 0.15) is 12.2 Å². The van der Waals surface area contributed by atoms with Crippen molar-refractivity contribution in [2.45, 2.75) is 32.7 Å². The second-order valence-electron chi connectivity index (χ2n) is 5.57. The number of piperidine rings is 1. The molecule has 1 aliphatic heterocycles. The van der Waals surface area contributed by atoms with E-state index in [1.165, 1.54) is 0 Å². The summed E-state index contributed by atoms with van der Waals surface area (Å²) in [5.74, 6) is 0.974. The number of carbonyl (C=O) groups is 1. The van der Waals surface area contributed by atoms with Gasteiger partial charge in [0, 0.05) is 20.0 Å². The number of aliphatic carboxylic acids is 1. The molecule has 1 fully saturated rings. The Morgan fingerprint density at radius 1 is 1.63 bits per heavy atom. The third kappa shape index (κ3) is 3.76. The molecule has 2 unspecified atom stereocenters. The third-order valence-electron chi connectivity index (χ3n) is 4.01. The van der Waals surface area contributed by atoms with Gasteiger partial charge in [-0.15, -0.1) is 10.2 Å². The van der Waals surface area contributed by atoms with Gasteiger partial charge >= 0.3 is 5.97 Å². The van der Waals surface area contributed by atoms with Crippen LogP contribution in [-0.4, -0.2) is 43.8 Å². The summed E-state index contributed by atoms with van der Waals surface area (Å²) in [4.78, 5) is 13.2. The Kier molecular flexibility index (Phi) is 4.52. The van der Waals surface area contributed by atoms with Gasteiger partial charge in [-0.3, -0.25) is 9.69 Å². The maximum Gasteiger partial charge on any atom is 0.303 e. The van der Waals surface area contributed by atoms with Gasteiger partial charge < -0.3 is 9.67 Å². The Morgan fingerprint density at radius 2 is 2.42 bits per heavy atom. The van der Waals surface area contributed by atoms with Gasteiger partial charge in [0.05, 0.1) is 6.54 Å². The number of carboxylic acids is 1. The summed E-state index contributed by atoms with van der Waals surface area (Å²) in [7, 11) is 1.95. The third-order valence-corrected chi connectivity index (χ3v) is 4.01. The molecule has 0 bridgehead atoms. The highest BCUT2D eigenvalue weighted by Gasteiger charge is 2.26. The van der Waals surface area contributed by atoms with Crippen molar-refractivity contribution in [3.8, 4) is 0 Å². The normalized spacial score (nSPS) is 22.3. The van der Waals surface area contributed by atoms with Crippen LogP contribution in [0, 0.1) is 11.8 Å². The molecule has 1 aliphatic rings. The summed E-state index contributed by atoms with van der Waals surface area (Å²) in [6.45, 7) is 4.86. The standard InChI is InChI=1S/C13H22N4O2/c1-10(6-13(18)19)11-4-3-5-17(7-11)8-12-15-14-9-16(12)2/h9-11H,3-8H2,1-2H3,(H,18,19). The molecular weight excluding hydrogens is 244 g/mol. The lowest BCUT2D eigenvalue weighted by atomic mass is 9.84. The van der Waals surface area contributed by atoms with Crippen molar-refractivity contribution in [2.24, 2.45) is 18.9 Å². The Balaban J connectivity index is 1.90. The van der Waals surface area contributed by atoms with E-state index in [1.807, 2.05) is 18.5 Å². The monoisotopic (exact) mass is 266 g/mol. The minimum atomic E-state index is -0.696. The van der Waals surface area contributed by atoms with E-state index in [-0.39, 0.29) is 12.3 Å². The first-order valence-corrected chi connectivity index (χ1v) is 6.83. The zero-order valence-electron chi connectivity index (χ0n) is 11.6. The van der Waals surface area contributed by atoms with E-state index >= 15 is 0 Å².